The molecule has 0 heterocycles. The van der Waals surface area contributed by atoms with E-state index in [1.807, 2.05) is 6.92 Å². The molecule has 0 spiro atoms. The maximum absolute atomic E-state index is 10.7. The Morgan fingerprint density at radius 2 is 1.62 bits per heavy atom. The number of hydrogen-bond donors (Lipinski definition) is 2. The molecule has 0 saturated heterocycles. The molecule has 0 aliphatic rings. The Balaban J connectivity index is 4.72. The van der Waals surface area contributed by atoms with E-state index in [-0.39, 0.29) is 4.48 Å². The fourth-order valence-corrected chi connectivity index (χ4v) is 1.41. The highest BCUT2D eigenvalue weighted by Crippen LogP contribution is 2.08. The third kappa shape index (κ3) is 3.02. The van der Waals surface area contributed by atoms with Crippen molar-refractivity contribution in [3.8, 4) is 0 Å². The summed E-state index contributed by atoms with van der Waals surface area (Å²) in [5, 5.41) is 17.4. The Morgan fingerprint density at radius 1 is 1.23 bits per heavy atom. The zero-order chi connectivity index (χ0) is 10.6. The van der Waals surface area contributed by atoms with Crippen molar-refractivity contribution in [3.63, 3.8) is 0 Å². The SMILES string of the molecule is CCC[N+](C)(C)C(C(=O)O)C(=O)O. The normalized spacial score (nSPS) is 11.7. The minimum absolute atomic E-state index is 0.0266. The van der Waals surface area contributed by atoms with E-state index < -0.39 is 18.0 Å². The van der Waals surface area contributed by atoms with Crippen LogP contribution in [0.3, 0.4) is 0 Å². The van der Waals surface area contributed by atoms with Gasteiger partial charge in [0.2, 0.25) is 0 Å². The Kier molecular flexibility index (Phi) is 3.87. The van der Waals surface area contributed by atoms with Crippen molar-refractivity contribution >= 4 is 11.9 Å². The van der Waals surface area contributed by atoms with Crippen LogP contribution in [0.5, 0.6) is 0 Å². The van der Waals surface area contributed by atoms with Crippen molar-refractivity contribution in [2.75, 3.05) is 20.6 Å². The van der Waals surface area contributed by atoms with Crippen LogP contribution in [-0.2, 0) is 9.59 Å². The molecule has 0 aromatic heterocycles. The summed E-state index contributed by atoms with van der Waals surface area (Å²) in [6, 6.07) is -1.38. The van der Waals surface area contributed by atoms with Gasteiger partial charge >= 0.3 is 11.9 Å². The lowest BCUT2D eigenvalue weighted by Crippen LogP contribution is -2.57. The maximum Gasteiger partial charge on any atom is 0.374 e. The zero-order valence-corrected chi connectivity index (χ0v) is 8.15. The average molecular weight is 190 g/mol. The Hall–Kier alpha value is -1.10. The first kappa shape index (κ1) is 11.9. The smallest absolute Gasteiger partial charge is 0.374 e. The average Bonchev–Trinajstić information content (AvgIpc) is 1.82. The number of nitrogens with zero attached hydrogens (tertiary/aromatic N) is 1. The van der Waals surface area contributed by atoms with Gasteiger partial charge < -0.3 is 14.7 Å². The molecule has 76 valence electrons. The zero-order valence-electron chi connectivity index (χ0n) is 8.15. The number of quaternary nitrogens is 1. The minimum Gasteiger partial charge on any atom is -0.476 e. The van der Waals surface area contributed by atoms with E-state index in [2.05, 4.69) is 0 Å². The maximum atomic E-state index is 10.7. The van der Waals surface area contributed by atoms with Crippen molar-refractivity contribution in [1.29, 1.82) is 0 Å². The molecule has 0 aromatic carbocycles. The Bertz CT molecular complexity index is 198. The minimum atomic E-state index is -1.38. The summed E-state index contributed by atoms with van der Waals surface area (Å²) in [4.78, 5) is 21.3. The van der Waals surface area contributed by atoms with Crippen molar-refractivity contribution in [1.82, 2.24) is 0 Å². The van der Waals surface area contributed by atoms with E-state index >= 15 is 0 Å². The first-order valence-electron chi connectivity index (χ1n) is 4.11. The highest BCUT2D eigenvalue weighted by molar-refractivity contribution is 5.95. The molecule has 5 heteroatoms. The van der Waals surface area contributed by atoms with Crippen LogP contribution in [0, 0.1) is 0 Å². The van der Waals surface area contributed by atoms with Crippen LogP contribution < -0.4 is 0 Å². The lowest BCUT2D eigenvalue weighted by atomic mass is 10.2. The fourth-order valence-electron chi connectivity index (χ4n) is 1.41. The fraction of sp³-hybridized carbons (Fsp3) is 0.750. The van der Waals surface area contributed by atoms with Gasteiger partial charge in [-0.3, -0.25) is 0 Å². The first-order valence-corrected chi connectivity index (χ1v) is 4.11. The number of carbonyl (C=O) groups is 2. The van der Waals surface area contributed by atoms with E-state index in [9.17, 15) is 9.59 Å². The second kappa shape index (κ2) is 4.23. The van der Waals surface area contributed by atoms with Crippen LogP contribution in [0.2, 0.25) is 0 Å². The van der Waals surface area contributed by atoms with Crippen molar-refractivity contribution in [3.05, 3.63) is 0 Å². The second-order valence-corrected chi connectivity index (χ2v) is 3.58. The summed E-state index contributed by atoms with van der Waals surface area (Å²) in [7, 11) is 3.22. The Morgan fingerprint density at radius 3 is 1.85 bits per heavy atom. The van der Waals surface area contributed by atoms with Gasteiger partial charge in [0, 0.05) is 0 Å². The van der Waals surface area contributed by atoms with E-state index in [4.69, 9.17) is 10.2 Å². The van der Waals surface area contributed by atoms with Crippen molar-refractivity contribution in [2.24, 2.45) is 0 Å². The van der Waals surface area contributed by atoms with Gasteiger partial charge in [-0.25, -0.2) is 9.59 Å². The molecule has 0 bridgehead atoms. The van der Waals surface area contributed by atoms with Gasteiger partial charge in [0.05, 0.1) is 20.6 Å². The number of rotatable bonds is 5. The van der Waals surface area contributed by atoms with Crippen LogP contribution in [-0.4, -0.2) is 53.3 Å². The molecule has 13 heavy (non-hydrogen) atoms. The molecule has 0 aliphatic heterocycles. The number of aliphatic carboxylic acids is 2. The molecular weight excluding hydrogens is 174 g/mol. The lowest BCUT2D eigenvalue weighted by Gasteiger charge is -2.32. The molecule has 2 N–H and O–H groups in total. The van der Waals surface area contributed by atoms with Crippen LogP contribution in [0.1, 0.15) is 13.3 Å². The molecular formula is C8H16NO4+. The van der Waals surface area contributed by atoms with Crippen molar-refractivity contribution < 1.29 is 24.3 Å². The summed E-state index contributed by atoms with van der Waals surface area (Å²) in [5.74, 6) is -2.57. The lowest BCUT2D eigenvalue weighted by molar-refractivity contribution is -0.898. The number of carboxylic acid groups (broad SMARTS) is 2. The molecule has 0 radical (unpaired) electrons. The molecule has 5 nitrogen and oxygen atoms in total. The quantitative estimate of drug-likeness (QED) is 0.473. The van der Waals surface area contributed by atoms with Crippen LogP contribution in [0.25, 0.3) is 0 Å². The topological polar surface area (TPSA) is 74.6 Å². The van der Waals surface area contributed by atoms with E-state index in [0.29, 0.717) is 6.54 Å². The number of hydrogen-bond acceptors (Lipinski definition) is 2. The number of likely N-dealkylation sites (N-methyl/N-ethyl adjacent to an activating group) is 1. The largest absolute Gasteiger partial charge is 0.476 e. The van der Waals surface area contributed by atoms with Crippen LogP contribution >= 0.6 is 0 Å². The van der Waals surface area contributed by atoms with E-state index in [1.54, 1.807) is 14.1 Å². The van der Waals surface area contributed by atoms with Gasteiger partial charge in [0.15, 0.2) is 0 Å². The standard InChI is InChI=1S/C8H15NO4/c1-4-5-9(2,3)6(7(10)11)8(12)13/h6H,4-5H2,1-3H3,(H-,10,11,12,13)/p+1. The molecule has 0 aliphatic carbocycles. The van der Waals surface area contributed by atoms with Gasteiger partial charge in [-0.05, 0) is 6.42 Å². The summed E-state index contributed by atoms with van der Waals surface area (Å²) < 4.78 is -0.0266. The second-order valence-electron chi connectivity index (χ2n) is 3.58. The predicted octanol–water partition coefficient (Wildman–Crippen LogP) is 0.0106. The third-order valence-corrected chi connectivity index (χ3v) is 1.97. The van der Waals surface area contributed by atoms with Gasteiger partial charge in [-0.1, -0.05) is 6.92 Å². The molecule has 0 amide bonds. The molecule has 0 saturated carbocycles. The Labute approximate surface area is 77.2 Å². The summed E-state index contributed by atoms with van der Waals surface area (Å²) >= 11 is 0. The highest BCUT2D eigenvalue weighted by atomic mass is 16.4. The van der Waals surface area contributed by atoms with E-state index in [1.165, 1.54) is 0 Å². The first-order chi connectivity index (χ1) is 5.83. The third-order valence-electron chi connectivity index (χ3n) is 1.97. The summed E-state index contributed by atoms with van der Waals surface area (Å²) in [6.07, 6.45) is 0.754. The molecule has 0 unspecified atom stereocenters. The molecule has 0 rings (SSSR count). The molecule has 0 aromatic rings. The van der Waals surface area contributed by atoms with Crippen molar-refractivity contribution in [2.45, 2.75) is 19.4 Å². The van der Waals surface area contributed by atoms with Gasteiger partial charge in [0.25, 0.3) is 6.04 Å². The van der Waals surface area contributed by atoms with Crippen LogP contribution in [0.4, 0.5) is 0 Å². The summed E-state index contributed by atoms with van der Waals surface area (Å²) in [5.41, 5.74) is 0. The number of carboxylic acids is 2. The van der Waals surface area contributed by atoms with E-state index in [0.717, 1.165) is 6.42 Å². The monoisotopic (exact) mass is 190 g/mol. The van der Waals surface area contributed by atoms with Gasteiger partial charge in [-0.15, -0.1) is 0 Å². The highest BCUT2D eigenvalue weighted by Gasteiger charge is 2.40. The van der Waals surface area contributed by atoms with Crippen LogP contribution in [0.15, 0.2) is 0 Å². The predicted molar refractivity (Wildman–Crippen MR) is 46.3 cm³/mol. The molecule has 0 fully saturated rings. The van der Waals surface area contributed by atoms with Gasteiger partial charge in [0.1, 0.15) is 0 Å². The van der Waals surface area contributed by atoms with Gasteiger partial charge in [-0.2, -0.15) is 0 Å². The summed E-state index contributed by atoms with van der Waals surface area (Å²) in [6.45, 7) is 2.42. The molecule has 0 atom stereocenters.